The van der Waals surface area contributed by atoms with E-state index >= 15 is 0 Å². The molecule has 1 fully saturated rings. The van der Waals surface area contributed by atoms with Gasteiger partial charge in [-0.1, -0.05) is 30.3 Å². The average Bonchev–Trinajstić information content (AvgIpc) is 2.73. The number of rotatable bonds is 9. The van der Waals surface area contributed by atoms with Crippen molar-refractivity contribution in [2.75, 3.05) is 45.9 Å². The SMILES string of the molecule is CCOc1cc(C(=O)NCCCN2CCN(Cc3ccccc3)CC2)ccn1. The Morgan fingerprint density at radius 1 is 1.11 bits per heavy atom. The summed E-state index contributed by atoms with van der Waals surface area (Å²) < 4.78 is 5.35. The summed E-state index contributed by atoms with van der Waals surface area (Å²) >= 11 is 0. The lowest BCUT2D eigenvalue weighted by atomic mass is 10.2. The van der Waals surface area contributed by atoms with Crippen LogP contribution < -0.4 is 10.1 Å². The molecule has 0 unspecified atom stereocenters. The standard InChI is InChI=1S/C22H30N4O2/c1-2-28-21-17-20(9-11-23-21)22(27)24-10-6-12-25-13-15-26(16-14-25)18-19-7-4-3-5-8-19/h3-5,7-9,11,17H,2,6,10,12-16,18H2,1H3,(H,24,27). The van der Waals surface area contributed by atoms with E-state index in [-0.39, 0.29) is 5.91 Å². The molecule has 0 bridgehead atoms. The molecule has 0 saturated carbocycles. The average molecular weight is 383 g/mol. The van der Waals surface area contributed by atoms with Crippen LogP contribution in [0.1, 0.15) is 29.3 Å². The summed E-state index contributed by atoms with van der Waals surface area (Å²) in [5, 5.41) is 2.99. The fourth-order valence-electron chi connectivity index (χ4n) is 3.40. The van der Waals surface area contributed by atoms with E-state index in [1.165, 1.54) is 5.56 Å². The molecule has 0 aliphatic carbocycles. The Kier molecular flexibility index (Phi) is 7.82. The summed E-state index contributed by atoms with van der Waals surface area (Å²) in [4.78, 5) is 21.3. The number of benzene rings is 1. The molecule has 2 aromatic rings. The first-order valence-electron chi connectivity index (χ1n) is 10.1. The minimum absolute atomic E-state index is 0.0731. The van der Waals surface area contributed by atoms with Gasteiger partial charge in [0, 0.05) is 57.1 Å². The highest BCUT2D eigenvalue weighted by atomic mass is 16.5. The summed E-state index contributed by atoms with van der Waals surface area (Å²) in [6, 6.07) is 14.0. The van der Waals surface area contributed by atoms with Crippen molar-refractivity contribution < 1.29 is 9.53 Å². The molecule has 3 rings (SSSR count). The van der Waals surface area contributed by atoms with Gasteiger partial charge in [0.1, 0.15) is 0 Å². The zero-order valence-corrected chi connectivity index (χ0v) is 16.6. The Labute approximate surface area is 167 Å². The zero-order chi connectivity index (χ0) is 19.6. The van der Waals surface area contributed by atoms with Crippen LogP contribution in [-0.4, -0.2) is 66.6 Å². The van der Waals surface area contributed by atoms with Crippen molar-refractivity contribution in [3.8, 4) is 5.88 Å². The third kappa shape index (κ3) is 6.32. The molecule has 1 amide bonds. The minimum Gasteiger partial charge on any atom is -0.478 e. The molecule has 1 N–H and O–H groups in total. The fourth-order valence-corrected chi connectivity index (χ4v) is 3.40. The molecule has 2 heterocycles. The maximum atomic E-state index is 12.3. The molecule has 0 atom stereocenters. The van der Waals surface area contributed by atoms with Crippen molar-refractivity contribution in [1.29, 1.82) is 0 Å². The molecule has 1 aromatic heterocycles. The van der Waals surface area contributed by atoms with Gasteiger partial charge in [-0.15, -0.1) is 0 Å². The maximum absolute atomic E-state index is 12.3. The zero-order valence-electron chi connectivity index (χ0n) is 16.6. The van der Waals surface area contributed by atoms with Gasteiger partial charge in [0.25, 0.3) is 5.91 Å². The highest BCUT2D eigenvalue weighted by molar-refractivity contribution is 5.94. The number of ether oxygens (including phenoxy) is 1. The highest BCUT2D eigenvalue weighted by Gasteiger charge is 2.16. The van der Waals surface area contributed by atoms with Crippen LogP contribution >= 0.6 is 0 Å². The number of nitrogens with one attached hydrogen (secondary N) is 1. The van der Waals surface area contributed by atoms with Gasteiger partial charge >= 0.3 is 0 Å². The summed E-state index contributed by atoms with van der Waals surface area (Å²) in [6.07, 6.45) is 2.56. The van der Waals surface area contributed by atoms with E-state index in [1.807, 2.05) is 6.92 Å². The molecule has 150 valence electrons. The van der Waals surface area contributed by atoms with Crippen LogP contribution in [0.3, 0.4) is 0 Å². The molecule has 28 heavy (non-hydrogen) atoms. The smallest absolute Gasteiger partial charge is 0.251 e. The molecule has 1 aliphatic heterocycles. The number of nitrogens with zero attached hydrogens (tertiary/aromatic N) is 3. The van der Waals surface area contributed by atoms with Gasteiger partial charge in [-0.25, -0.2) is 4.98 Å². The van der Waals surface area contributed by atoms with Crippen molar-refractivity contribution in [3.05, 3.63) is 59.8 Å². The Balaban J connectivity index is 1.32. The summed E-state index contributed by atoms with van der Waals surface area (Å²) in [5.74, 6) is 0.416. The lowest BCUT2D eigenvalue weighted by molar-refractivity contribution is 0.0946. The summed E-state index contributed by atoms with van der Waals surface area (Å²) in [7, 11) is 0. The van der Waals surface area contributed by atoms with Crippen LogP contribution in [0.25, 0.3) is 0 Å². The van der Waals surface area contributed by atoms with Crippen molar-refractivity contribution in [2.45, 2.75) is 19.9 Å². The molecule has 6 heteroatoms. The first-order valence-corrected chi connectivity index (χ1v) is 10.1. The quantitative estimate of drug-likeness (QED) is 0.675. The first kappa shape index (κ1) is 20.3. The Morgan fingerprint density at radius 3 is 2.61 bits per heavy atom. The second-order valence-electron chi connectivity index (χ2n) is 7.03. The Bertz CT molecular complexity index is 730. The summed E-state index contributed by atoms with van der Waals surface area (Å²) in [5.41, 5.74) is 1.97. The van der Waals surface area contributed by atoms with E-state index in [2.05, 4.69) is 50.4 Å². The number of amides is 1. The predicted molar refractivity (Wildman–Crippen MR) is 111 cm³/mol. The Hall–Kier alpha value is -2.44. The van der Waals surface area contributed by atoms with Gasteiger partial charge in [-0.05, 0) is 31.5 Å². The number of piperazine rings is 1. The number of aromatic nitrogens is 1. The van der Waals surface area contributed by atoms with Crippen LogP contribution in [0.4, 0.5) is 0 Å². The number of hydrogen-bond acceptors (Lipinski definition) is 5. The van der Waals surface area contributed by atoms with Gasteiger partial charge in [-0.2, -0.15) is 0 Å². The van der Waals surface area contributed by atoms with Gasteiger partial charge in [0.05, 0.1) is 6.61 Å². The molecular weight excluding hydrogens is 352 g/mol. The monoisotopic (exact) mass is 382 g/mol. The van der Waals surface area contributed by atoms with Crippen molar-refractivity contribution in [1.82, 2.24) is 20.1 Å². The van der Waals surface area contributed by atoms with E-state index in [4.69, 9.17) is 4.74 Å². The molecule has 6 nitrogen and oxygen atoms in total. The predicted octanol–water partition coefficient (Wildman–Crippen LogP) is 2.42. The highest BCUT2D eigenvalue weighted by Crippen LogP contribution is 2.10. The van der Waals surface area contributed by atoms with E-state index in [1.54, 1.807) is 18.3 Å². The second kappa shape index (κ2) is 10.8. The molecule has 0 spiro atoms. The van der Waals surface area contributed by atoms with Gasteiger partial charge in [0.15, 0.2) is 0 Å². The lowest BCUT2D eigenvalue weighted by Gasteiger charge is -2.34. The second-order valence-corrected chi connectivity index (χ2v) is 7.03. The van der Waals surface area contributed by atoms with E-state index in [0.29, 0.717) is 24.6 Å². The topological polar surface area (TPSA) is 57.7 Å². The van der Waals surface area contributed by atoms with E-state index in [9.17, 15) is 4.79 Å². The van der Waals surface area contributed by atoms with E-state index < -0.39 is 0 Å². The Morgan fingerprint density at radius 2 is 1.86 bits per heavy atom. The van der Waals surface area contributed by atoms with Crippen LogP contribution in [-0.2, 0) is 6.54 Å². The fraction of sp³-hybridized carbons (Fsp3) is 0.455. The largest absolute Gasteiger partial charge is 0.478 e. The van der Waals surface area contributed by atoms with Crippen molar-refractivity contribution >= 4 is 5.91 Å². The number of carbonyl (C=O) groups is 1. The number of pyridine rings is 1. The van der Waals surface area contributed by atoms with Crippen molar-refractivity contribution in [3.63, 3.8) is 0 Å². The summed E-state index contributed by atoms with van der Waals surface area (Å²) in [6.45, 7) is 9.52. The molecule has 1 saturated heterocycles. The van der Waals surface area contributed by atoms with E-state index in [0.717, 1.165) is 45.7 Å². The van der Waals surface area contributed by atoms with Crippen LogP contribution in [0.15, 0.2) is 48.7 Å². The molecule has 1 aromatic carbocycles. The molecular formula is C22H30N4O2. The van der Waals surface area contributed by atoms with Crippen molar-refractivity contribution in [2.24, 2.45) is 0 Å². The minimum atomic E-state index is -0.0731. The first-order chi connectivity index (χ1) is 13.7. The van der Waals surface area contributed by atoms with Gasteiger partial charge in [0.2, 0.25) is 5.88 Å². The van der Waals surface area contributed by atoms with Crippen LogP contribution in [0.5, 0.6) is 5.88 Å². The van der Waals surface area contributed by atoms with Crippen LogP contribution in [0.2, 0.25) is 0 Å². The normalized spacial score (nSPS) is 15.3. The molecule has 0 radical (unpaired) electrons. The van der Waals surface area contributed by atoms with Gasteiger partial charge < -0.3 is 15.0 Å². The third-order valence-corrected chi connectivity index (χ3v) is 4.94. The number of carbonyl (C=O) groups excluding carboxylic acids is 1. The third-order valence-electron chi connectivity index (χ3n) is 4.94. The number of hydrogen-bond donors (Lipinski definition) is 1. The lowest BCUT2D eigenvalue weighted by Crippen LogP contribution is -2.46. The maximum Gasteiger partial charge on any atom is 0.251 e. The van der Waals surface area contributed by atoms with Crippen LogP contribution in [0, 0.1) is 0 Å². The molecule has 1 aliphatic rings. The van der Waals surface area contributed by atoms with Gasteiger partial charge in [-0.3, -0.25) is 9.69 Å².